The summed E-state index contributed by atoms with van der Waals surface area (Å²) in [5.74, 6) is -0.882. The predicted molar refractivity (Wildman–Crippen MR) is 147 cm³/mol. The van der Waals surface area contributed by atoms with Gasteiger partial charge in [-0.2, -0.15) is 0 Å². The normalized spacial score (nSPS) is 27.4. The first-order valence-electron chi connectivity index (χ1n) is 14.0. The highest BCUT2D eigenvalue weighted by Crippen LogP contribution is 2.28. The van der Waals surface area contributed by atoms with Gasteiger partial charge in [-0.15, -0.1) is 0 Å². The van der Waals surface area contributed by atoms with E-state index in [0.717, 1.165) is 0 Å². The third-order valence-electron chi connectivity index (χ3n) is 6.68. The molecule has 0 spiro atoms. The number of hydrogen-bond acceptors (Lipinski definition) is 16. The summed E-state index contributed by atoms with van der Waals surface area (Å²) < 4.78 is 28.5. The van der Waals surface area contributed by atoms with Gasteiger partial charge < -0.3 is 80.3 Å². The van der Waals surface area contributed by atoms with Crippen LogP contribution in [0.15, 0.2) is 11.3 Å². The van der Waals surface area contributed by atoms with Crippen molar-refractivity contribution in [2.45, 2.75) is 94.6 Å². The molecule has 1 aliphatic heterocycles. The first kappa shape index (κ1) is 39.5. The van der Waals surface area contributed by atoms with Crippen LogP contribution in [-0.4, -0.2) is 173 Å². The van der Waals surface area contributed by atoms with Crippen LogP contribution in [0, 0.1) is 0 Å². The molecule has 0 saturated carbocycles. The molecule has 0 bridgehead atoms. The van der Waals surface area contributed by atoms with Gasteiger partial charge in [0.2, 0.25) is 5.91 Å². The molecule has 1 amide bonds. The number of ether oxygens (including phenoxy) is 5. The van der Waals surface area contributed by atoms with Crippen LogP contribution in [0.2, 0.25) is 0 Å². The Morgan fingerprint density at radius 1 is 1.00 bits per heavy atom. The van der Waals surface area contributed by atoms with Crippen molar-refractivity contribution in [2.75, 3.05) is 53.2 Å². The van der Waals surface area contributed by atoms with E-state index in [1.807, 2.05) is 0 Å². The Hall–Kier alpha value is -1.55. The van der Waals surface area contributed by atoms with E-state index in [1.165, 1.54) is 20.8 Å². The molecule has 8 unspecified atom stereocenters. The zero-order valence-corrected chi connectivity index (χ0v) is 25.0. The Morgan fingerprint density at radius 2 is 1.67 bits per heavy atom. The molecule has 1 fully saturated rings. The molecule has 1 aliphatic rings. The lowest BCUT2D eigenvalue weighted by atomic mass is 9.96. The topological polar surface area (TPSA) is 269 Å². The van der Waals surface area contributed by atoms with E-state index >= 15 is 0 Å². The molecule has 11 N–H and O–H groups in total. The minimum absolute atomic E-state index is 0.0350. The van der Waals surface area contributed by atoms with Crippen molar-refractivity contribution in [3.63, 3.8) is 0 Å². The van der Waals surface area contributed by atoms with Crippen LogP contribution in [-0.2, 0) is 28.5 Å². The standard InChI is InChI=1S/C26H50N2O15/c1-13(23(16(36)8-29)40-19(11-32)14(2)34)18(10-31)41-25(17(37)9-30)43-24-20(12-33)42-26(39-7-5-6-27-4)21(22(24)38)28-15(3)35/h14,16-22,24-27,29-34,36-38H,5-12H2,1-4H3,(H,28,35)/b23-13+/t14-,16+,17+,18?,19?,20?,21?,22?,24?,25?,26?/m1/s1. The molecule has 17 nitrogen and oxygen atoms in total. The lowest BCUT2D eigenvalue weighted by Gasteiger charge is -2.45. The molecule has 0 aliphatic carbocycles. The number of carbonyl (C=O) groups is 1. The van der Waals surface area contributed by atoms with E-state index < -0.39 is 106 Å². The number of nitrogens with one attached hydrogen (secondary N) is 2. The smallest absolute Gasteiger partial charge is 0.217 e. The van der Waals surface area contributed by atoms with Crippen molar-refractivity contribution in [1.29, 1.82) is 0 Å². The summed E-state index contributed by atoms with van der Waals surface area (Å²) in [6.45, 7) is 0.757. The molecule has 43 heavy (non-hydrogen) atoms. The maximum absolute atomic E-state index is 11.9. The Bertz CT molecular complexity index is 819. The summed E-state index contributed by atoms with van der Waals surface area (Å²) in [7, 11) is 1.76. The SMILES string of the molecule is CNCCCOC1OC(CO)C(OC(OC(CO)/C(C)=C(/OC(CO)[C@@H](C)O)[C@@H](O)CO)[C@@H](O)CO)C(O)C1NC(C)=O. The predicted octanol–water partition coefficient (Wildman–Crippen LogP) is -4.98. The Balaban J connectivity index is 3.35. The Kier molecular flexibility index (Phi) is 18.8. The summed E-state index contributed by atoms with van der Waals surface area (Å²) in [5, 5.41) is 96.3. The molecule has 1 saturated heterocycles. The van der Waals surface area contributed by atoms with Gasteiger partial charge in [-0.3, -0.25) is 4.79 Å². The minimum Gasteiger partial charge on any atom is -0.487 e. The van der Waals surface area contributed by atoms with Gasteiger partial charge in [0.1, 0.15) is 54.5 Å². The lowest BCUT2D eigenvalue weighted by molar-refractivity contribution is -0.319. The maximum atomic E-state index is 11.9. The van der Waals surface area contributed by atoms with Crippen LogP contribution < -0.4 is 10.6 Å². The number of aliphatic hydroxyl groups excluding tert-OH is 9. The fraction of sp³-hybridized carbons (Fsp3) is 0.885. The van der Waals surface area contributed by atoms with Gasteiger partial charge in [-0.1, -0.05) is 0 Å². The molecule has 0 aromatic carbocycles. The van der Waals surface area contributed by atoms with Crippen molar-refractivity contribution >= 4 is 5.91 Å². The molecule has 0 aromatic rings. The summed E-state index contributed by atoms with van der Waals surface area (Å²) in [6, 6.07) is -1.18. The molecular weight excluding hydrogens is 580 g/mol. The van der Waals surface area contributed by atoms with Gasteiger partial charge in [0.15, 0.2) is 12.6 Å². The third-order valence-corrected chi connectivity index (χ3v) is 6.68. The van der Waals surface area contributed by atoms with Crippen LogP contribution in [0.5, 0.6) is 0 Å². The third kappa shape index (κ3) is 12.0. The van der Waals surface area contributed by atoms with Gasteiger partial charge in [-0.25, -0.2) is 0 Å². The summed E-state index contributed by atoms with van der Waals surface area (Å²) in [5.41, 5.74) is -0.0350. The summed E-state index contributed by atoms with van der Waals surface area (Å²) in [6.07, 6.45) is -14.0. The van der Waals surface area contributed by atoms with Crippen LogP contribution in [0.3, 0.4) is 0 Å². The molecule has 0 radical (unpaired) electrons. The molecule has 17 heteroatoms. The van der Waals surface area contributed by atoms with Crippen molar-refractivity contribution in [3.8, 4) is 0 Å². The highest BCUT2D eigenvalue weighted by atomic mass is 16.7. The average Bonchev–Trinajstić information content (AvgIpc) is 2.98. The van der Waals surface area contributed by atoms with Gasteiger partial charge >= 0.3 is 0 Å². The van der Waals surface area contributed by atoms with Crippen LogP contribution in [0.4, 0.5) is 0 Å². The number of aliphatic hydroxyl groups is 9. The van der Waals surface area contributed by atoms with E-state index in [0.29, 0.717) is 13.0 Å². The second-order valence-corrected chi connectivity index (χ2v) is 10.1. The molecule has 11 atom stereocenters. The molecular formula is C26H50N2O15. The first-order valence-corrected chi connectivity index (χ1v) is 14.0. The van der Waals surface area contributed by atoms with Crippen molar-refractivity contribution in [3.05, 3.63) is 11.3 Å². The Labute approximate surface area is 250 Å². The summed E-state index contributed by atoms with van der Waals surface area (Å²) >= 11 is 0. The highest BCUT2D eigenvalue weighted by Gasteiger charge is 2.48. The van der Waals surface area contributed by atoms with Crippen molar-refractivity contribution < 1.29 is 74.4 Å². The van der Waals surface area contributed by atoms with E-state index in [1.54, 1.807) is 7.05 Å². The van der Waals surface area contributed by atoms with Crippen LogP contribution in [0.1, 0.15) is 27.2 Å². The van der Waals surface area contributed by atoms with Gasteiger partial charge in [0.05, 0.1) is 45.7 Å². The zero-order chi connectivity index (χ0) is 32.7. The molecule has 1 rings (SSSR count). The van der Waals surface area contributed by atoms with E-state index in [2.05, 4.69) is 10.6 Å². The van der Waals surface area contributed by atoms with Gasteiger partial charge in [-0.05, 0) is 39.4 Å². The number of amides is 1. The first-order chi connectivity index (χ1) is 20.4. The van der Waals surface area contributed by atoms with E-state index in [-0.39, 0.29) is 17.9 Å². The van der Waals surface area contributed by atoms with Crippen molar-refractivity contribution in [1.82, 2.24) is 10.6 Å². The number of hydrogen-bond donors (Lipinski definition) is 11. The van der Waals surface area contributed by atoms with Crippen LogP contribution >= 0.6 is 0 Å². The highest BCUT2D eigenvalue weighted by molar-refractivity contribution is 5.73. The fourth-order valence-corrected chi connectivity index (χ4v) is 4.24. The maximum Gasteiger partial charge on any atom is 0.217 e. The van der Waals surface area contributed by atoms with Crippen LogP contribution in [0.25, 0.3) is 0 Å². The van der Waals surface area contributed by atoms with Gasteiger partial charge in [0, 0.05) is 6.92 Å². The summed E-state index contributed by atoms with van der Waals surface area (Å²) in [4.78, 5) is 11.9. The van der Waals surface area contributed by atoms with Crippen molar-refractivity contribution in [2.24, 2.45) is 0 Å². The molecule has 1 heterocycles. The van der Waals surface area contributed by atoms with E-state index in [4.69, 9.17) is 23.7 Å². The molecule has 0 aromatic heterocycles. The Morgan fingerprint density at radius 3 is 2.16 bits per heavy atom. The zero-order valence-electron chi connectivity index (χ0n) is 25.0. The second-order valence-electron chi connectivity index (χ2n) is 10.1. The quantitative estimate of drug-likeness (QED) is 0.0322. The largest absolute Gasteiger partial charge is 0.487 e. The fourth-order valence-electron chi connectivity index (χ4n) is 4.24. The average molecular weight is 631 g/mol. The number of carbonyl (C=O) groups excluding carboxylic acids is 1. The minimum atomic E-state index is -1.81. The monoisotopic (exact) mass is 630 g/mol. The second kappa shape index (κ2) is 20.5. The van der Waals surface area contributed by atoms with E-state index in [9.17, 15) is 50.8 Å². The number of rotatable bonds is 21. The lowest BCUT2D eigenvalue weighted by Crippen LogP contribution is -2.66. The molecule has 254 valence electrons. The van der Waals surface area contributed by atoms with Gasteiger partial charge in [0.25, 0.3) is 0 Å².